The third kappa shape index (κ3) is 3.92. The summed E-state index contributed by atoms with van der Waals surface area (Å²) in [5.74, 6) is -1.51. The number of anilines is 2. The van der Waals surface area contributed by atoms with Crippen LogP contribution in [-0.2, 0) is 14.4 Å². The average molecular weight is 464 g/mol. The maximum absolute atomic E-state index is 12.8. The van der Waals surface area contributed by atoms with E-state index in [0.29, 0.717) is 45.2 Å². The van der Waals surface area contributed by atoms with E-state index in [9.17, 15) is 19.2 Å². The molecule has 0 atom stereocenters. The molecule has 164 valence electrons. The summed E-state index contributed by atoms with van der Waals surface area (Å²) in [6.45, 7) is 1.33. The van der Waals surface area contributed by atoms with Crippen LogP contribution in [0.15, 0.2) is 59.0 Å². The Bertz CT molecular complexity index is 1450. The van der Waals surface area contributed by atoms with E-state index >= 15 is 0 Å². The second-order valence-electron chi connectivity index (χ2n) is 7.55. The van der Waals surface area contributed by atoms with Gasteiger partial charge in [0.2, 0.25) is 5.91 Å². The predicted octanol–water partition coefficient (Wildman–Crippen LogP) is 3.26. The van der Waals surface area contributed by atoms with Crippen LogP contribution >= 0.6 is 0 Å². The molecule has 8 nitrogen and oxygen atoms in total. The quantitative estimate of drug-likeness (QED) is 0.454. The van der Waals surface area contributed by atoms with Crippen LogP contribution < -0.4 is 10.2 Å². The van der Waals surface area contributed by atoms with E-state index in [1.807, 2.05) is 0 Å². The molecule has 0 saturated carbocycles. The molecule has 5 rings (SSSR count). The van der Waals surface area contributed by atoms with E-state index in [2.05, 4.69) is 5.32 Å². The summed E-state index contributed by atoms with van der Waals surface area (Å²) in [7, 11) is 0. The Kier molecular flexibility index (Phi) is 6.14. The molecule has 2 aliphatic heterocycles. The molecule has 0 unspecified atom stereocenters. The topological polar surface area (TPSA) is 117 Å². The average Bonchev–Trinajstić information content (AvgIpc) is 3.43. The number of nitrogens with zero attached hydrogens (tertiary/aromatic N) is 1. The molecule has 9 heteroatoms. The molecule has 1 aromatic heterocycles. The summed E-state index contributed by atoms with van der Waals surface area (Å²) in [6.07, 6.45) is 3.11. The molecule has 3 aromatic rings. The van der Waals surface area contributed by atoms with E-state index in [0.717, 1.165) is 4.90 Å². The van der Waals surface area contributed by atoms with E-state index in [-0.39, 0.29) is 46.9 Å². The van der Waals surface area contributed by atoms with Gasteiger partial charge >= 0.3 is 35.5 Å². The molecule has 2 N–H and O–H groups in total. The van der Waals surface area contributed by atoms with Gasteiger partial charge in [-0.1, -0.05) is 24.3 Å². The number of benzene rings is 2. The number of aromatic carboxylic acids is 1. The van der Waals surface area contributed by atoms with Crippen LogP contribution in [0.5, 0.6) is 0 Å². The molecular formula is C25H17N2NaO6. The Balaban J connectivity index is 0.00000274. The fraction of sp³-hybridized carbons (Fsp3) is 0.0400. The zero-order valence-electron chi connectivity index (χ0n) is 17.3. The Morgan fingerprint density at radius 2 is 1.62 bits per heavy atom. The number of amides is 3. The second kappa shape index (κ2) is 8.90. The van der Waals surface area contributed by atoms with E-state index in [1.165, 1.54) is 19.1 Å². The Hall–Kier alpha value is -3.72. The minimum absolute atomic E-state index is 0. The maximum atomic E-state index is 12.8. The van der Waals surface area contributed by atoms with Gasteiger partial charge in [-0.2, -0.15) is 0 Å². The molecule has 0 spiro atoms. The van der Waals surface area contributed by atoms with Crippen molar-refractivity contribution in [3.05, 3.63) is 82.8 Å². The number of carboxylic acids is 1. The third-order valence-electron chi connectivity index (χ3n) is 5.45. The molecule has 2 aromatic carbocycles. The first-order valence-electron chi connectivity index (χ1n) is 10.00. The first kappa shape index (κ1) is 23.4. The van der Waals surface area contributed by atoms with Crippen LogP contribution in [0.2, 0.25) is 0 Å². The fourth-order valence-corrected chi connectivity index (χ4v) is 3.97. The van der Waals surface area contributed by atoms with Gasteiger partial charge in [-0.15, -0.1) is 0 Å². The number of imide groups is 1. The van der Waals surface area contributed by atoms with Crippen molar-refractivity contribution in [3.63, 3.8) is 0 Å². The van der Waals surface area contributed by atoms with Gasteiger partial charge in [0.1, 0.15) is 11.5 Å². The van der Waals surface area contributed by atoms with E-state index in [1.54, 1.807) is 54.6 Å². The normalized spacial score (nSPS) is 16.3. The second-order valence-corrected chi connectivity index (χ2v) is 7.55. The first-order chi connectivity index (χ1) is 15.8. The molecule has 0 saturated heterocycles. The standard InChI is InChI=1S/C25H16N2O6.Na.H/c1-13(28)27-22-5-3-2-4-18(22)20(24(27)30)12-16-8-7-15(33-16)11-19-17-9-6-14(25(31)32)10-21(17)26-23(19)29;;/h2-12H,1H3,(H,26,29)(H,31,32);;. The van der Waals surface area contributed by atoms with Gasteiger partial charge in [0.15, 0.2) is 0 Å². The van der Waals surface area contributed by atoms with Crippen LogP contribution in [-0.4, -0.2) is 58.4 Å². The van der Waals surface area contributed by atoms with Crippen LogP contribution in [0.3, 0.4) is 0 Å². The molecule has 3 amide bonds. The molecule has 2 aliphatic rings. The number of para-hydroxylation sites is 1. The minimum atomic E-state index is -1.08. The van der Waals surface area contributed by atoms with Gasteiger partial charge in [-0.25, -0.2) is 9.69 Å². The fourth-order valence-electron chi connectivity index (χ4n) is 3.97. The molecule has 34 heavy (non-hydrogen) atoms. The van der Waals surface area contributed by atoms with Crippen molar-refractivity contribution in [1.29, 1.82) is 0 Å². The molecular weight excluding hydrogens is 447 g/mol. The predicted molar refractivity (Wildman–Crippen MR) is 128 cm³/mol. The number of carboxylic acid groups (broad SMARTS) is 1. The number of nitrogens with one attached hydrogen (secondary N) is 1. The number of carbonyl (C=O) groups excluding carboxylic acids is 3. The molecule has 0 radical (unpaired) electrons. The number of hydrogen-bond donors (Lipinski definition) is 2. The number of carbonyl (C=O) groups is 4. The van der Waals surface area contributed by atoms with Gasteiger partial charge in [-0.3, -0.25) is 14.4 Å². The Morgan fingerprint density at radius 1 is 0.941 bits per heavy atom. The SMILES string of the molecule is CC(=O)N1C(=O)C(=Cc2ccc(C=C3C(=O)Nc4cc(C(=O)O)ccc43)o2)c2ccccc21.[NaH]. The molecule has 3 heterocycles. The van der Waals surface area contributed by atoms with E-state index < -0.39 is 11.9 Å². The number of hydrogen-bond acceptors (Lipinski definition) is 5. The number of fused-ring (bicyclic) bond motifs is 2. The first-order valence-corrected chi connectivity index (χ1v) is 10.00. The zero-order valence-corrected chi connectivity index (χ0v) is 17.3. The van der Waals surface area contributed by atoms with Crippen molar-refractivity contribution in [2.45, 2.75) is 6.92 Å². The molecule has 0 bridgehead atoms. The van der Waals surface area contributed by atoms with Crippen molar-refractivity contribution in [2.24, 2.45) is 0 Å². The number of furan rings is 1. The van der Waals surface area contributed by atoms with Crippen LogP contribution in [0, 0.1) is 0 Å². The van der Waals surface area contributed by atoms with Crippen molar-refractivity contribution in [1.82, 2.24) is 0 Å². The molecule has 0 fully saturated rings. The van der Waals surface area contributed by atoms with Crippen LogP contribution in [0.4, 0.5) is 11.4 Å². The van der Waals surface area contributed by atoms with Gasteiger partial charge in [0.05, 0.1) is 22.4 Å². The summed E-state index contributed by atoms with van der Waals surface area (Å²) in [6, 6.07) is 14.7. The van der Waals surface area contributed by atoms with Crippen molar-refractivity contribution in [2.75, 3.05) is 10.2 Å². The Morgan fingerprint density at radius 3 is 2.29 bits per heavy atom. The van der Waals surface area contributed by atoms with Crippen molar-refractivity contribution in [3.8, 4) is 0 Å². The summed E-state index contributed by atoms with van der Waals surface area (Å²) in [5.41, 5.74) is 2.88. The Labute approximate surface area is 215 Å². The number of rotatable bonds is 3. The van der Waals surface area contributed by atoms with Crippen molar-refractivity contribution < 1.29 is 28.7 Å². The van der Waals surface area contributed by atoms with Gasteiger partial charge in [0.25, 0.3) is 11.8 Å². The van der Waals surface area contributed by atoms with Crippen molar-refractivity contribution >= 4 is 87.9 Å². The van der Waals surface area contributed by atoms with Crippen LogP contribution in [0.25, 0.3) is 23.3 Å². The molecule has 0 aliphatic carbocycles. The summed E-state index contributed by atoms with van der Waals surface area (Å²) in [4.78, 5) is 49.5. The monoisotopic (exact) mass is 464 g/mol. The third-order valence-corrected chi connectivity index (χ3v) is 5.45. The van der Waals surface area contributed by atoms with Gasteiger partial charge < -0.3 is 14.8 Å². The summed E-state index contributed by atoms with van der Waals surface area (Å²) < 4.78 is 5.81. The summed E-state index contributed by atoms with van der Waals surface area (Å²) in [5, 5.41) is 11.8. The van der Waals surface area contributed by atoms with Crippen LogP contribution in [0.1, 0.15) is 39.9 Å². The van der Waals surface area contributed by atoms with Gasteiger partial charge in [-0.05, 0) is 42.5 Å². The van der Waals surface area contributed by atoms with Gasteiger partial charge in [0, 0.05) is 23.7 Å². The zero-order chi connectivity index (χ0) is 23.3. The summed E-state index contributed by atoms with van der Waals surface area (Å²) >= 11 is 0. The van der Waals surface area contributed by atoms with E-state index in [4.69, 9.17) is 9.52 Å².